The zero-order valence-corrected chi connectivity index (χ0v) is 8.17. The summed E-state index contributed by atoms with van der Waals surface area (Å²) in [5.74, 6) is -0.453. The summed E-state index contributed by atoms with van der Waals surface area (Å²) >= 11 is 0. The Morgan fingerprint density at radius 2 is 2.38 bits per heavy atom. The van der Waals surface area contributed by atoms with Gasteiger partial charge in [-0.1, -0.05) is 13.8 Å². The first kappa shape index (κ1) is 10.5. The van der Waals surface area contributed by atoms with Crippen LogP contribution >= 0.6 is 0 Å². The SMILES string of the molecule is CC(C)CC1(C(=O)O)COCCN1. The molecule has 0 radical (unpaired) electrons. The normalized spacial score (nSPS) is 29.2. The van der Waals surface area contributed by atoms with Crippen molar-refractivity contribution in [2.24, 2.45) is 5.92 Å². The Balaban J connectivity index is 2.67. The van der Waals surface area contributed by atoms with Crippen molar-refractivity contribution >= 4 is 5.97 Å². The predicted molar refractivity (Wildman–Crippen MR) is 48.6 cm³/mol. The maximum absolute atomic E-state index is 11.1. The second kappa shape index (κ2) is 4.07. The molecule has 13 heavy (non-hydrogen) atoms. The van der Waals surface area contributed by atoms with Gasteiger partial charge in [0.1, 0.15) is 5.54 Å². The number of carboxylic acid groups (broad SMARTS) is 1. The number of carboxylic acids is 1. The lowest BCUT2D eigenvalue weighted by Crippen LogP contribution is -2.60. The van der Waals surface area contributed by atoms with Crippen LogP contribution in [-0.2, 0) is 9.53 Å². The number of ether oxygens (including phenoxy) is 1. The van der Waals surface area contributed by atoms with Gasteiger partial charge in [0.05, 0.1) is 13.2 Å². The van der Waals surface area contributed by atoms with Gasteiger partial charge in [-0.25, -0.2) is 0 Å². The van der Waals surface area contributed by atoms with Crippen LogP contribution in [0.4, 0.5) is 0 Å². The Labute approximate surface area is 78.3 Å². The van der Waals surface area contributed by atoms with E-state index in [0.717, 1.165) is 0 Å². The molecule has 0 aliphatic carbocycles. The molecule has 0 aromatic carbocycles. The number of hydrogen-bond donors (Lipinski definition) is 2. The number of aliphatic carboxylic acids is 1. The average Bonchev–Trinajstić information content (AvgIpc) is 2.04. The number of carbonyl (C=O) groups is 1. The van der Waals surface area contributed by atoms with Crippen LogP contribution < -0.4 is 5.32 Å². The summed E-state index contributed by atoms with van der Waals surface area (Å²) in [4.78, 5) is 11.1. The highest BCUT2D eigenvalue weighted by atomic mass is 16.5. The van der Waals surface area contributed by atoms with E-state index in [0.29, 0.717) is 25.5 Å². The summed E-state index contributed by atoms with van der Waals surface area (Å²) < 4.78 is 5.20. The first-order valence-electron chi connectivity index (χ1n) is 4.63. The first-order chi connectivity index (χ1) is 6.07. The van der Waals surface area contributed by atoms with Crippen molar-refractivity contribution in [1.82, 2.24) is 5.32 Å². The molecule has 0 saturated carbocycles. The van der Waals surface area contributed by atoms with Crippen molar-refractivity contribution < 1.29 is 14.6 Å². The van der Waals surface area contributed by atoms with Crippen molar-refractivity contribution in [3.05, 3.63) is 0 Å². The fourth-order valence-corrected chi connectivity index (χ4v) is 1.71. The zero-order chi connectivity index (χ0) is 9.90. The van der Waals surface area contributed by atoms with E-state index in [1.807, 2.05) is 13.8 Å². The molecule has 0 spiro atoms. The third kappa shape index (κ3) is 2.42. The van der Waals surface area contributed by atoms with Gasteiger partial charge in [-0.15, -0.1) is 0 Å². The van der Waals surface area contributed by atoms with Crippen LogP contribution in [0.2, 0.25) is 0 Å². The molecular weight excluding hydrogens is 170 g/mol. The van der Waals surface area contributed by atoms with Gasteiger partial charge >= 0.3 is 5.97 Å². The van der Waals surface area contributed by atoms with Crippen LogP contribution in [0.5, 0.6) is 0 Å². The van der Waals surface area contributed by atoms with Gasteiger partial charge in [-0.05, 0) is 12.3 Å². The van der Waals surface area contributed by atoms with Crippen molar-refractivity contribution in [3.63, 3.8) is 0 Å². The number of hydrogen-bond acceptors (Lipinski definition) is 3. The number of rotatable bonds is 3. The maximum Gasteiger partial charge on any atom is 0.326 e. The van der Waals surface area contributed by atoms with Crippen LogP contribution in [0.3, 0.4) is 0 Å². The van der Waals surface area contributed by atoms with Crippen LogP contribution in [0, 0.1) is 5.92 Å². The third-order valence-electron chi connectivity index (χ3n) is 2.22. The Bertz CT molecular complexity index is 185. The van der Waals surface area contributed by atoms with E-state index in [2.05, 4.69) is 5.32 Å². The summed E-state index contributed by atoms with van der Waals surface area (Å²) in [6, 6.07) is 0. The molecule has 0 aromatic heterocycles. The summed E-state index contributed by atoms with van der Waals surface area (Å²) in [6.07, 6.45) is 0.613. The molecule has 1 unspecified atom stereocenters. The van der Waals surface area contributed by atoms with Crippen LogP contribution in [-0.4, -0.2) is 36.4 Å². The lowest BCUT2D eigenvalue weighted by Gasteiger charge is -2.35. The van der Waals surface area contributed by atoms with E-state index in [1.165, 1.54) is 0 Å². The van der Waals surface area contributed by atoms with Gasteiger partial charge < -0.3 is 9.84 Å². The fourth-order valence-electron chi connectivity index (χ4n) is 1.71. The molecule has 2 N–H and O–H groups in total. The smallest absolute Gasteiger partial charge is 0.326 e. The lowest BCUT2D eigenvalue weighted by atomic mass is 9.89. The van der Waals surface area contributed by atoms with Gasteiger partial charge in [0, 0.05) is 6.54 Å². The molecule has 1 heterocycles. The summed E-state index contributed by atoms with van der Waals surface area (Å²) in [7, 11) is 0. The van der Waals surface area contributed by atoms with Gasteiger partial charge in [0.2, 0.25) is 0 Å². The number of nitrogens with one attached hydrogen (secondary N) is 1. The number of morpholine rings is 1. The van der Waals surface area contributed by atoms with Crippen molar-refractivity contribution in [3.8, 4) is 0 Å². The van der Waals surface area contributed by atoms with Crippen LogP contribution in [0.25, 0.3) is 0 Å². The molecule has 0 amide bonds. The minimum Gasteiger partial charge on any atom is -0.480 e. The molecule has 1 rings (SSSR count). The summed E-state index contributed by atoms with van der Waals surface area (Å²) in [5.41, 5.74) is -0.855. The van der Waals surface area contributed by atoms with E-state index in [4.69, 9.17) is 9.84 Å². The van der Waals surface area contributed by atoms with E-state index in [9.17, 15) is 4.79 Å². The Morgan fingerprint density at radius 1 is 1.69 bits per heavy atom. The fraction of sp³-hybridized carbons (Fsp3) is 0.889. The monoisotopic (exact) mass is 187 g/mol. The molecular formula is C9H17NO3. The summed E-state index contributed by atoms with van der Waals surface area (Å²) in [6.45, 7) is 5.54. The topological polar surface area (TPSA) is 58.6 Å². The third-order valence-corrected chi connectivity index (χ3v) is 2.22. The van der Waals surface area contributed by atoms with Gasteiger partial charge in [0.25, 0.3) is 0 Å². The van der Waals surface area contributed by atoms with Crippen LogP contribution in [0.15, 0.2) is 0 Å². The summed E-state index contributed by atoms with van der Waals surface area (Å²) in [5, 5.41) is 12.1. The molecule has 1 saturated heterocycles. The van der Waals surface area contributed by atoms with Crippen molar-refractivity contribution in [1.29, 1.82) is 0 Å². The second-order valence-corrected chi connectivity index (χ2v) is 3.96. The Hall–Kier alpha value is -0.610. The molecule has 4 heteroatoms. The van der Waals surface area contributed by atoms with Crippen LogP contribution in [0.1, 0.15) is 20.3 Å². The highest BCUT2D eigenvalue weighted by Gasteiger charge is 2.40. The highest BCUT2D eigenvalue weighted by molar-refractivity contribution is 5.79. The molecule has 1 fully saturated rings. The standard InChI is InChI=1S/C9H17NO3/c1-7(2)5-9(8(11)12)6-13-4-3-10-9/h7,10H,3-6H2,1-2H3,(H,11,12). The van der Waals surface area contributed by atoms with E-state index in [1.54, 1.807) is 0 Å². The highest BCUT2D eigenvalue weighted by Crippen LogP contribution is 2.20. The maximum atomic E-state index is 11.1. The van der Waals surface area contributed by atoms with E-state index < -0.39 is 11.5 Å². The predicted octanol–water partition coefficient (Wildman–Crippen LogP) is 0.476. The Morgan fingerprint density at radius 3 is 2.77 bits per heavy atom. The lowest BCUT2D eigenvalue weighted by molar-refractivity contribution is -0.151. The molecule has 1 aliphatic heterocycles. The largest absolute Gasteiger partial charge is 0.480 e. The van der Waals surface area contributed by atoms with Gasteiger partial charge in [0.15, 0.2) is 0 Å². The molecule has 76 valence electrons. The molecule has 0 bridgehead atoms. The van der Waals surface area contributed by atoms with Crippen molar-refractivity contribution in [2.45, 2.75) is 25.8 Å². The Kier molecular flexibility index (Phi) is 3.27. The minimum absolute atomic E-state index is 0.278. The molecule has 1 aliphatic rings. The van der Waals surface area contributed by atoms with Gasteiger partial charge in [-0.3, -0.25) is 10.1 Å². The minimum atomic E-state index is -0.855. The quantitative estimate of drug-likeness (QED) is 0.674. The first-order valence-corrected chi connectivity index (χ1v) is 4.63. The molecule has 4 nitrogen and oxygen atoms in total. The molecule has 1 atom stereocenters. The second-order valence-electron chi connectivity index (χ2n) is 3.96. The van der Waals surface area contributed by atoms with Crippen molar-refractivity contribution in [2.75, 3.05) is 19.8 Å². The van der Waals surface area contributed by atoms with E-state index >= 15 is 0 Å². The molecule has 0 aromatic rings. The van der Waals surface area contributed by atoms with E-state index in [-0.39, 0.29) is 6.61 Å². The zero-order valence-electron chi connectivity index (χ0n) is 8.17. The van der Waals surface area contributed by atoms with Gasteiger partial charge in [-0.2, -0.15) is 0 Å². The average molecular weight is 187 g/mol.